The van der Waals surface area contributed by atoms with Crippen LogP contribution in [-0.2, 0) is 9.47 Å². The molecule has 24 heavy (non-hydrogen) atoms. The Hall–Kier alpha value is -2.42. The summed E-state index contributed by atoms with van der Waals surface area (Å²) < 4.78 is 16.4. The number of phenolic OH excluding ortho intramolecular Hbond substituents is 1. The van der Waals surface area contributed by atoms with Crippen molar-refractivity contribution in [1.29, 1.82) is 0 Å². The number of nitrogens with zero attached hydrogens (tertiary/aromatic N) is 2. The van der Waals surface area contributed by atoms with Crippen LogP contribution in [0.25, 0.3) is 11.4 Å². The Bertz CT molecular complexity index is 719. The predicted octanol–water partition coefficient (Wildman–Crippen LogP) is 1.65. The standard InChI is InChI=1S/C16H19N3O5/c1-9-23-16(24-9)12-13(22-2)15(17-6-7-20)19-14(18-12)10-4-3-5-11(21)8-10/h3-5,8-9,16,20-21H,6-7H2,1-2H3,(H,17,18,19). The topological polar surface area (TPSA) is 106 Å². The van der Waals surface area contributed by atoms with Crippen molar-refractivity contribution in [2.75, 3.05) is 25.6 Å². The molecule has 1 saturated heterocycles. The van der Waals surface area contributed by atoms with E-state index in [-0.39, 0.29) is 18.6 Å². The monoisotopic (exact) mass is 333 g/mol. The molecule has 0 amide bonds. The quantitative estimate of drug-likeness (QED) is 0.733. The average molecular weight is 333 g/mol. The number of benzene rings is 1. The fourth-order valence-electron chi connectivity index (χ4n) is 2.38. The second kappa shape index (κ2) is 7.00. The maximum atomic E-state index is 9.68. The van der Waals surface area contributed by atoms with Gasteiger partial charge in [0.15, 0.2) is 23.7 Å². The number of ether oxygens (including phenoxy) is 3. The summed E-state index contributed by atoms with van der Waals surface area (Å²) in [5, 5.41) is 21.7. The first-order chi connectivity index (χ1) is 11.6. The molecule has 3 N–H and O–H groups in total. The molecule has 0 aliphatic carbocycles. The molecule has 2 aromatic rings. The van der Waals surface area contributed by atoms with Crippen LogP contribution in [0.2, 0.25) is 0 Å². The van der Waals surface area contributed by atoms with Crippen molar-refractivity contribution in [3.63, 3.8) is 0 Å². The number of aromatic hydroxyl groups is 1. The summed E-state index contributed by atoms with van der Waals surface area (Å²) in [5.74, 6) is 1.31. The third kappa shape index (κ3) is 3.25. The van der Waals surface area contributed by atoms with E-state index in [0.717, 1.165) is 0 Å². The van der Waals surface area contributed by atoms with Gasteiger partial charge < -0.3 is 29.7 Å². The van der Waals surface area contributed by atoms with Gasteiger partial charge in [-0.2, -0.15) is 0 Å². The van der Waals surface area contributed by atoms with Crippen LogP contribution in [0.4, 0.5) is 5.82 Å². The highest BCUT2D eigenvalue weighted by molar-refractivity contribution is 5.63. The Balaban J connectivity index is 2.07. The Morgan fingerprint density at radius 1 is 1.29 bits per heavy atom. The van der Waals surface area contributed by atoms with Gasteiger partial charge in [-0.15, -0.1) is 0 Å². The van der Waals surface area contributed by atoms with E-state index in [1.54, 1.807) is 31.2 Å². The number of hydrogen-bond donors (Lipinski definition) is 3. The van der Waals surface area contributed by atoms with Gasteiger partial charge in [0.25, 0.3) is 0 Å². The number of anilines is 1. The van der Waals surface area contributed by atoms with Crippen molar-refractivity contribution in [2.24, 2.45) is 0 Å². The molecule has 2 heterocycles. The van der Waals surface area contributed by atoms with Crippen molar-refractivity contribution in [1.82, 2.24) is 9.97 Å². The van der Waals surface area contributed by atoms with Crippen molar-refractivity contribution >= 4 is 5.82 Å². The molecule has 128 valence electrons. The average Bonchev–Trinajstić information content (AvgIpc) is 2.56. The predicted molar refractivity (Wildman–Crippen MR) is 85.6 cm³/mol. The summed E-state index contributed by atoms with van der Waals surface area (Å²) in [4.78, 5) is 8.91. The molecular weight excluding hydrogens is 314 g/mol. The Labute approximate surface area is 139 Å². The lowest BCUT2D eigenvalue weighted by Crippen LogP contribution is -2.33. The first kappa shape index (κ1) is 16.4. The Morgan fingerprint density at radius 2 is 2.08 bits per heavy atom. The van der Waals surface area contributed by atoms with Crippen LogP contribution in [0.5, 0.6) is 11.5 Å². The number of aromatic nitrogens is 2. The Kier molecular flexibility index (Phi) is 4.79. The van der Waals surface area contributed by atoms with Crippen LogP contribution in [0, 0.1) is 0 Å². The summed E-state index contributed by atoms with van der Waals surface area (Å²) in [6.07, 6.45) is -0.962. The van der Waals surface area contributed by atoms with E-state index in [2.05, 4.69) is 15.3 Å². The van der Waals surface area contributed by atoms with Crippen LogP contribution < -0.4 is 10.1 Å². The second-order valence-corrected chi connectivity index (χ2v) is 5.19. The first-order valence-electron chi connectivity index (χ1n) is 7.53. The molecule has 1 aromatic carbocycles. The number of aliphatic hydroxyl groups is 1. The molecule has 8 nitrogen and oxygen atoms in total. The summed E-state index contributed by atoms with van der Waals surface area (Å²) in [6.45, 7) is 2.03. The zero-order chi connectivity index (χ0) is 17.1. The summed E-state index contributed by atoms with van der Waals surface area (Å²) in [7, 11) is 1.50. The number of rotatable bonds is 6. The van der Waals surface area contributed by atoms with Gasteiger partial charge in [0.05, 0.1) is 13.7 Å². The van der Waals surface area contributed by atoms with E-state index in [4.69, 9.17) is 19.3 Å². The molecule has 0 spiro atoms. The van der Waals surface area contributed by atoms with Gasteiger partial charge >= 0.3 is 0 Å². The normalized spacial score (nSPS) is 19.6. The minimum absolute atomic E-state index is 0.0581. The molecule has 0 unspecified atom stereocenters. The number of methoxy groups -OCH3 is 1. The molecule has 8 heteroatoms. The van der Waals surface area contributed by atoms with Crippen LogP contribution in [0.15, 0.2) is 24.3 Å². The smallest absolute Gasteiger partial charge is 0.210 e. The number of aliphatic hydroxyl groups excluding tert-OH is 1. The number of nitrogens with one attached hydrogen (secondary N) is 1. The molecule has 0 bridgehead atoms. The van der Waals surface area contributed by atoms with Gasteiger partial charge in [-0.05, 0) is 19.1 Å². The fourth-order valence-corrected chi connectivity index (χ4v) is 2.38. The van der Waals surface area contributed by atoms with E-state index in [0.29, 0.717) is 35.2 Å². The summed E-state index contributed by atoms with van der Waals surface area (Å²) in [6, 6.07) is 6.62. The van der Waals surface area contributed by atoms with Gasteiger partial charge in [0.1, 0.15) is 11.4 Å². The second-order valence-electron chi connectivity index (χ2n) is 5.19. The highest BCUT2D eigenvalue weighted by Crippen LogP contribution is 2.39. The molecule has 1 fully saturated rings. The highest BCUT2D eigenvalue weighted by atomic mass is 16.9. The molecular formula is C16H19N3O5. The van der Waals surface area contributed by atoms with Crippen molar-refractivity contribution in [3.8, 4) is 22.9 Å². The molecule has 1 aliphatic rings. The molecule has 0 atom stereocenters. The van der Waals surface area contributed by atoms with Gasteiger partial charge in [-0.25, -0.2) is 9.97 Å². The lowest BCUT2D eigenvalue weighted by Gasteiger charge is -2.34. The fraction of sp³-hybridized carbons (Fsp3) is 0.375. The van der Waals surface area contributed by atoms with Crippen molar-refractivity contribution < 1.29 is 24.4 Å². The number of phenols is 1. The minimum Gasteiger partial charge on any atom is -0.508 e. The molecule has 1 aliphatic heterocycles. The van der Waals surface area contributed by atoms with Crippen molar-refractivity contribution in [3.05, 3.63) is 30.0 Å². The number of hydrogen-bond acceptors (Lipinski definition) is 8. The third-order valence-electron chi connectivity index (χ3n) is 3.46. The van der Waals surface area contributed by atoms with Crippen LogP contribution in [0.1, 0.15) is 18.9 Å². The lowest BCUT2D eigenvalue weighted by molar-refractivity contribution is -0.384. The maximum Gasteiger partial charge on any atom is 0.210 e. The third-order valence-corrected chi connectivity index (χ3v) is 3.46. The van der Waals surface area contributed by atoms with E-state index in [9.17, 15) is 5.11 Å². The van der Waals surface area contributed by atoms with Crippen molar-refractivity contribution in [2.45, 2.75) is 19.5 Å². The van der Waals surface area contributed by atoms with E-state index in [1.807, 2.05) is 0 Å². The highest BCUT2D eigenvalue weighted by Gasteiger charge is 2.34. The summed E-state index contributed by atoms with van der Waals surface area (Å²) in [5.41, 5.74) is 1.09. The molecule has 0 saturated carbocycles. The van der Waals surface area contributed by atoms with E-state index in [1.165, 1.54) is 7.11 Å². The Morgan fingerprint density at radius 3 is 2.71 bits per heavy atom. The molecule has 1 aromatic heterocycles. The largest absolute Gasteiger partial charge is 0.508 e. The van der Waals surface area contributed by atoms with Crippen LogP contribution in [-0.4, -0.2) is 46.7 Å². The molecule has 0 radical (unpaired) electrons. The van der Waals surface area contributed by atoms with Gasteiger partial charge in [0.2, 0.25) is 6.29 Å². The lowest BCUT2D eigenvalue weighted by atomic mass is 10.2. The minimum atomic E-state index is -0.649. The molecule has 3 rings (SSSR count). The van der Waals surface area contributed by atoms with E-state index < -0.39 is 6.29 Å². The van der Waals surface area contributed by atoms with Gasteiger partial charge in [-0.3, -0.25) is 0 Å². The maximum absolute atomic E-state index is 9.68. The van der Waals surface area contributed by atoms with E-state index >= 15 is 0 Å². The van der Waals surface area contributed by atoms with Gasteiger partial charge in [-0.1, -0.05) is 12.1 Å². The van der Waals surface area contributed by atoms with Gasteiger partial charge in [0, 0.05) is 12.1 Å². The zero-order valence-corrected chi connectivity index (χ0v) is 13.4. The van der Waals surface area contributed by atoms with Crippen LogP contribution >= 0.6 is 0 Å². The zero-order valence-electron chi connectivity index (χ0n) is 13.4. The first-order valence-corrected chi connectivity index (χ1v) is 7.53. The van der Waals surface area contributed by atoms with Crippen LogP contribution in [0.3, 0.4) is 0 Å². The SMILES string of the molecule is COc1c(NCCO)nc(-c2cccc(O)c2)nc1C1OC(C)O1. The summed E-state index contributed by atoms with van der Waals surface area (Å²) >= 11 is 0.